The fraction of sp³-hybridized carbons (Fsp3) is 0.627. The van der Waals surface area contributed by atoms with E-state index in [9.17, 15) is 24.3 Å². The number of benzene rings is 2. The lowest BCUT2D eigenvalue weighted by molar-refractivity contribution is -0.225. The zero-order valence-corrected chi connectivity index (χ0v) is 40.2. The molecule has 2 N–H and O–H groups in total. The second kappa shape index (κ2) is 22.0. The molecule has 2 bridgehead atoms. The molecule has 362 valence electrons. The van der Waals surface area contributed by atoms with Crippen molar-refractivity contribution in [1.82, 2.24) is 20.2 Å². The smallest absolute Gasteiger partial charge is 0.327 e. The number of carbonyl (C=O) groups excluding carboxylic acids is 5. The average molecular weight is 917 g/mol. The van der Waals surface area contributed by atoms with Gasteiger partial charge < -0.3 is 39.2 Å². The van der Waals surface area contributed by atoms with Crippen molar-refractivity contribution in [2.24, 2.45) is 5.41 Å². The first kappa shape index (κ1) is 50.7. The molecule has 4 aliphatic rings. The molecule has 15 nitrogen and oxygen atoms in total. The van der Waals surface area contributed by atoms with E-state index in [1.165, 1.54) is 15.9 Å². The number of amides is 3. The van der Waals surface area contributed by atoms with Crippen LogP contribution < -0.4 is 5.32 Å². The number of nitrogens with one attached hydrogen (secondary N) is 1. The van der Waals surface area contributed by atoms with Crippen molar-refractivity contribution < 1.29 is 52.9 Å². The summed E-state index contributed by atoms with van der Waals surface area (Å²) in [5.74, 6) is -3.20. The maximum atomic E-state index is 15.9. The minimum atomic E-state index is -1.56. The van der Waals surface area contributed by atoms with Gasteiger partial charge in [0.1, 0.15) is 41.5 Å². The largest absolute Gasteiger partial charge is 0.460 e. The fourth-order valence-corrected chi connectivity index (χ4v) is 9.81. The fourth-order valence-electron chi connectivity index (χ4n) is 9.81. The van der Waals surface area contributed by atoms with Gasteiger partial charge in [-0.05, 0) is 62.8 Å². The second-order valence-electron chi connectivity index (χ2n) is 19.7. The van der Waals surface area contributed by atoms with Crippen molar-refractivity contribution >= 4 is 35.7 Å². The van der Waals surface area contributed by atoms with E-state index in [-0.39, 0.29) is 38.1 Å². The highest BCUT2D eigenvalue weighted by molar-refractivity contribution is 5.96. The van der Waals surface area contributed by atoms with Crippen LogP contribution in [0.5, 0.6) is 0 Å². The van der Waals surface area contributed by atoms with E-state index in [1.54, 1.807) is 53.1 Å². The van der Waals surface area contributed by atoms with E-state index in [0.717, 1.165) is 55.2 Å². The summed E-state index contributed by atoms with van der Waals surface area (Å²) in [6.45, 7) is 9.26. The summed E-state index contributed by atoms with van der Waals surface area (Å²) in [6.07, 6.45) is 7.24. The normalized spacial score (nSPS) is 25.2. The monoisotopic (exact) mass is 917 g/mol. The van der Waals surface area contributed by atoms with Gasteiger partial charge in [0.05, 0.1) is 19.2 Å². The summed E-state index contributed by atoms with van der Waals surface area (Å²) >= 11 is 0. The number of ether oxygens (including phenoxy) is 4. The minimum Gasteiger partial charge on any atom is -0.460 e. The summed E-state index contributed by atoms with van der Waals surface area (Å²) in [7, 11) is 4.94. The van der Waals surface area contributed by atoms with Gasteiger partial charge >= 0.3 is 11.9 Å². The Morgan fingerprint density at radius 1 is 0.924 bits per heavy atom. The van der Waals surface area contributed by atoms with Gasteiger partial charge in [0.25, 0.3) is 0 Å². The summed E-state index contributed by atoms with van der Waals surface area (Å²) in [6, 6.07) is 13.7. The Morgan fingerprint density at radius 2 is 1.58 bits per heavy atom. The molecule has 3 saturated heterocycles. The van der Waals surface area contributed by atoms with Crippen LogP contribution in [-0.4, -0.2) is 131 Å². The number of aliphatic hydroxyl groups excluding tert-OH is 1. The zero-order chi connectivity index (χ0) is 47.8. The quantitative estimate of drug-likeness (QED) is 0.0816. The van der Waals surface area contributed by atoms with Crippen molar-refractivity contribution in [2.75, 3.05) is 27.7 Å². The Balaban J connectivity index is 1.36. The lowest BCUT2D eigenvalue weighted by atomic mass is 9.62. The van der Waals surface area contributed by atoms with Gasteiger partial charge in [-0.25, -0.2) is 0 Å². The predicted octanol–water partition coefficient (Wildman–Crippen LogP) is 5.90. The van der Waals surface area contributed by atoms with E-state index in [2.05, 4.69) is 19.2 Å². The van der Waals surface area contributed by atoms with Crippen LogP contribution in [0.4, 0.5) is 0 Å². The highest BCUT2D eigenvalue weighted by Gasteiger charge is 2.76. The first-order chi connectivity index (χ1) is 31.4. The van der Waals surface area contributed by atoms with E-state index in [1.807, 2.05) is 54.6 Å². The molecule has 1 saturated carbocycles. The number of esters is 2. The van der Waals surface area contributed by atoms with Crippen LogP contribution in [0, 0.1) is 5.41 Å². The number of hydrogen-bond acceptors (Lipinski definition) is 12. The molecule has 2 aromatic rings. The average Bonchev–Trinajstić information content (AvgIpc) is 3.84. The predicted molar refractivity (Wildman–Crippen MR) is 247 cm³/mol. The lowest BCUT2D eigenvalue weighted by Gasteiger charge is -2.50. The van der Waals surface area contributed by atoms with Crippen molar-refractivity contribution in [2.45, 2.75) is 172 Å². The third-order valence-electron chi connectivity index (χ3n) is 13.2. The molecule has 15 heteroatoms. The molecule has 4 fully saturated rings. The highest BCUT2D eigenvalue weighted by Crippen LogP contribution is 2.58. The number of unbranched alkanes of at least 4 members (excludes halogenated alkanes) is 4. The van der Waals surface area contributed by atoms with Gasteiger partial charge in [-0.3, -0.25) is 28.8 Å². The van der Waals surface area contributed by atoms with Gasteiger partial charge in [-0.2, -0.15) is 5.06 Å². The zero-order valence-electron chi connectivity index (χ0n) is 40.2. The molecular weight excluding hydrogens is 845 g/mol. The number of nitrogens with zero attached hydrogens (tertiary/aromatic N) is 3. The van der Waals surface area contributed by atoms with Crippen molar-refractivity contribution in [1.29, 1.82) is 0 Å². The molecule has 1 aliphatic carbocycles. The second-order valence-corrected chi connectivity index (χ2v) is 19.7. The SMILES string of the molecule is CCCCCC1(CCCCC)O[C@@H]2[C@H](O1)[C@H]1ON(Cc3ccc(C=CC(=O)N(C)C)cc3)[C@@H]3C(=O)O[C@@H]2C[C@]13C(=O)N(C)[C@H](Cc1ccccc1)C(=O)N[C@H](CO)CCC(=O)OC(C)(C)C. The molecule has 0 unspecified atom stereocenters. The molecule has 0 aromatic heterocycles. The molecule has 66 heavy (non-hydrogen) atoms. The number of fused-ring (bicyclic) bond motifs is 4. The molecule has 8 atom stereocenters. The molecule has 0 spiro atoms. The summed E-state index contributed by atoms with van der Waals surface area (Å²) in [5, 5.41) is 14.9. The van der Waals surface area contributed by atoms with Crippen LogP contribution in [0.15, 0.2) is 60.7 Å². The Bertz CT molecular complexity index is 2010. The van der Waals surface area contributed by atoms with Crippen molar-refractivity contribution in [3.05, 3.63) is 77.4 Å². The summed E-state index contributed by atoms with van der Waals surface area (Å²) in [5.41, 5.74) is 0.122. The third-order valence-corrected chi connectivity index (χ3v) is 13.2. The van der Waals surface area contributed by atoms with Crippen LogP contribution in [-0.2, 0) is 60.7 Å². The number of carbonyl (C=O) groups is 5. The number of rotatable bonds is 22. The molecule has 3 heterocycles. The number of aliphatic hydroxyl groups is 1. The van der Waals surface area contributed by atoms with Gasteiger partial charge in [-0.1, -0.05) is 94.1 Å². The van der Waals surface area contributed by atoms with Crippen LogP contribution in [0.25, 0.3) is 6.08 Å². The van der Waals surface area contributed by atoms with Gasteiger partial charge in [-0.15, -0.1) is 0 Å². The van der Waals surface area contributed by atoms with Gasteiger partial charge in [0.15, 0.2) is 11.8 Å². The van der Waals surface area contributed by atoms with E-state index in [0.29, 0.717) is 12.8 Å². The minimum absolute atomic E-state index is 0.0391. The first-order valence-electron chi connectivity index (χ1n) is 23.9. The molecule has 3 amide bonds. The van der Waals surface area contributed by atoms with Crippen LogP contribution in [0.1, 0.15) is 122 Å². The van der Waals surface area contributed by atoms with Crippen molar-refractivity contribution in [3.63, 3.8) is 0 Å². The number of hydroxylamine groups is 2. The summed E-state index contributed by atoms with van der Waals surface area (Å²) < 4.78 is 25.8. The van der Waals surface area contributed by atoms with Gasteiger partial charge in [0.2, 0.25) is 17.7 Å². The van der Waals surface area contributed by atoms with Crippen LogP contribution >= 0.6 is 0 Å². The maximum Gasteiger partial charge on any atom is 0.327 e. The highest BCUT2D eigenvalue weighted by atomic mass is 16.8. The third kappa shape index (κ3) is 11.7. The van der Waals surface area contributed by atoms with E-state index < -0.39 is 89.7 Å². The Kier molecular flexibility index (Phi) is 16.9. The topological polar surface area (TPSA) is 173 Å². The Morgan fingerprint density at radius 3 is 2.18 bits per heavy atom. The van der Waals surface area contributed by atoms with E-state index >= 15 is 4.79 Å². The summed E-state index contributed by atoms with van der Waals surface area (Å²) in [4.78, 5) is 79.7. The molecule has 0 radical (unpaired) electrons. The standard InChI is InChI=1S/C51H72N4O11/c1-9-11-16-28-50(29-17-12-10-2)64-42-39-31-51(44(47(60)62-39)55(66-45(51)43(42)65-50)32-36-22-20-34(21-23-36)24-26-40(57)53(6)7)48(61)54(8)38(30-35-18-14-13-15-19-35)46(59)52-37(33-56)25-27-41(58)63-49(3,4)5/h13-15,18-24,26,37-39,42-45,56H,9-12,16-17,25,27-33H2,1-8H3,(H,52,59)/t37-,38+,39+,42-,43-,44+,45+,51+/m0/s1. The number of hydrogen-bond donors (Lipinski definition) is 2. The lowest BCUT2D eigenvalue weighted by Crippen LogP contribution is -2.70. The van der Waals surface area contributed by atoms with Crippen LogP contribution in [0.3, 0.4) is 0 Å². The molecule has 6 rings (SSSR count). The molecule has 2 aromatic carbocycles. The van der Waals surface area contributed by atoms with Crippen LogP contribution in [0.2, 0.25) is 0 Å². The Labute approximate surface area is 390 Å². The first-order valence-corrected chi connectivity index (χ1v) is 23.9. The number of likely N-dealkylation sites (N-methyl/N-ethyl adjacent to an activating group) is 2. The van der Waals surface area contributed by atoms with E-state index in [4.69, 9.17) is 23.8 Å². The Hall–Kier alpha value is -4.67. The van der Waals surface area contributed by atoms with Crippen molar-refractivity contribution in [3.8, 4) is 0 Å². The molecular formula is C51H72N4O11. The maximum absolute atomic E-state index is 15.9. The van der Waals surface area contributed by atoms with Gasteiger partial charge in [0, 0.05) is 59.3 Å². The molecule has 3 aliphatic heterocycles.